The Morgan fingerprint density at radius 3 is 2.82 bits per heavy atom. The molecule has 0 aliphatic carbocycles. The second-order valence-electron chi connectivity index (χ2n) is 8.38. The molecule has 1 atom stereocenters. The van der Waals surface area contributed by atoms with Crippen LogP contribution in [0.25, 0.3) is 0 Å². The Morgan fingerprint density at radius 1 is 1.18 bits per heavy atom. The van der Waals surface area contributed by atoms with Gasteiger partial charge in [-0.25, -0.2) is 0 Å². The second kappa shape index (κ2) is 9.33. The van der Waals surface area contributed by atoms with Crippen molar-refractivity contribution in [1.29, 1.82) is 0 Å². The summed E-state index contributed by atoms with van der Waals surface area (Å²) in [6.45, 7) is 4.12. The van der Waals surface area contributed by atoms with Crippen molar-refractivity contribution in [3.63, 3.8) is 0 Å². The molecule has 1 unspecified atom stereocenters. The molecule has 3 aliphatic heterocycles. The van der Waals surface area contributed by atoms with Gasteiger partial charge >= 0.3 is 0 Å². The fourth-order valence-electron chi connectivity index (χ4n) is 4.42. The Balaban J connectivity index is 1.40. The molecule has 2 fully saturated rings. The normalized spacial score (nSPS) is 25.1. The number of nitrogens with zero attached hydrogens (tertiary/aromatic N) is 2. The van der Waals surface area contributed by atoms with Gasteiger partial charge in [0.05, 0.1) is 18.7 Å². The first-order chi connectivity index (χ1) is 17.7. The molecule has 2 saturated heterocycles. The number of ether oxygens (including phenoxy) is 1. The van der Waals surface area contributed by atoms with Gasteiger partial charge in [-0.3, -0.25) is 24.6 Å². The molecule has 0 aromatic heterocycles. The number of hydrogen-bond acceptors (Lipinski definition) is 6. The Hall–Kier alpha value is -3.23. The molecule has 0 bridgehead atoms. The van der Waals surface area contributed by atoms with E-state index in [4.69, 9.17) is 10.2 Å². The molecule has 3 aliphatic rings. The third-order valence-electron chi connectivity index (χ3n) is 6.15. The van der Waals surface area contributed by atoms with Crippen LogP contribution in [0.3, 0.4) is 0 Å². The highest BCUT2D eigenvalue weighted by Crippen LogP contribution is 2.32. The van der Waals surface area contributed by atoms with Crippen molar-refractivity contribution in [2.45, 2.75) is 38.5 Å². The van der Waals surface area contributed by atoms with Gasteiger partial charge in [-0.1, -0.05) is 30.3 Å². The molecule has 2 aromatic rings. The number of carbonyl (C=O) groups is 3. The molecule has 0 radical (unpaired) electrons. The highest BCUT2D eigenvalue weighted by Gasteiger charge is 2.39. The van der Waals surface area contributed by atoms with Crippen LogP contribution in [0.4, 0.5) is 5.69 Å². The summed E-state index contributed by atoms with van der Waals surface area (Å²) in [6, 6.07) is 4.98. The van der Waals surface area contributed by atoms with Gasteiger partial charge in [-0.15, -0.1) is 0 Å². The average molecular weight is 453 g/mol. The minimum Gasteiger partial charge on any atom is -0.381 e. The quantitative estimate of drug-likeness (QED) is 0.651. The first kappa shape index (κ1) is 17.3. The highest BCUT2D eigenvalue weighted by molar-refractivity contribution is 6.06. The maximum absolute atomic E-state index is 13.3. The SMILES string of the molecule is [2H]c1c([2H])c(NCc2cccc(CN3CCOCC3)c2)c2c(c1[2H])C(=O)N(C1([2H])CCC(=O)NC1=O)C2. The van der Waals surface area contributed by atoms with Gasteiger partial charge in [0.1, 0.15) is 6.02 Å². The lowest BCUT2D eigenvalue weighted by Crippen LogP contribution is -2.52. The maximum Gasteiger partial charge on any atom is 0.255 e. The van der Waals surface area contributed by atoms with Crippen LogP contribution in [0.1, 0.15) is 45.4 Å². The summed E-state index contributed by atoms with van der Waals surface area (Å²) < 4.78 is 39.2. The fourth-order valence-corrected chi connectivity index (χ4v) is 4.42. The fraction of sp³-hybridized carbons (Fsp3) is 0.400. The first-order valence-corrected chi connectivity index (χ1v) is 11.1. The zero-order valence-electron chi connectivity index (χ0n) is 22.2. The van der Waals surface area contributed by atoms with E-state index >= 15 is 0 Å². The Labute approximate surface area is 198 Å². The predicted octanol–water partition coefficient (Wildman–Crippen LogP) is 1.89. The molecule has 0 spiro atoms. The van der Waals surface area contributed by atoms with Crippen molar-refractivity contribution in [3.8, 4) is 0 Å². The molecule has 2 aromatic carbocycles. The van der Waals surface area contributed by atoms with E-state index in [0.717, 1.165) is 35.7 Å². The van der Waals surface area contributed by atoms with Crippen LogP contribution >= 0.6 is 0 Å². The van der Waals surface area contributed by atoms with Crippen LogP contribution < -0.4 is 10.6 Å². The van der Waals surface area contributed by atoms with E-state index in [1.54, 1.807) is 0 Å². The Kier molecular flexibility index (Phi) is 4.88. The van der Waals surface area contributed by atoms with Crippen LogP contribution in [0, 0.1) is 0 Å². The van der Waals surface area contributed by atoms with E-state index in [-0.39, 0.29) is 36.7 Å². The lowest BCUT2D eigenvalue weighted by molar-refractivity contribution is -0.136. The topological polar surface area (TPSA) is 91.0 Å². The van der Waals surface area contributed by atoms with E-state index in [0.29, 0.717) is 25.3 Å². The van der Waals surface area contributed by atoms with Crippen LogP contribution in [0.15, 0.2) is 42.4 Å². The summed E-state index contributed by atoms with van der Waals surface area (Å²) in [5.74, 6) is -2.11. The second-order valence-corrected chi connectivity index (χ2v) is 8.38. The van der Waals surface area contributed by atoms with E-state index in [9.17, 15) is 14.4 Å². The van der Waals surface area contributed by atoms with Crippen molar-refractivity contribution < 1.29 is 24.6 Å². The molecule has 8 nitrogen and oxygen atoms in total. The van der Waals surface area contributed by atoms with Gasteiger partial charge in [0, 0.05) is 56.0 Å². The summed E-state index contributed by atoms with van der Waals surface area (Å²) >= 11 is 0. The summed E-state index contributed by atoms with van der Waals surface area (Å²) in [5.41, 5.74) is 2.55. The van der Waals surface area contributed by atoms with Gasteiger partial charge < -0.3 is 15.0 Å². The summed E-state index contributed by atoms with van der Waals surface area (Å²) in [5, 5.41) is 5.31. The van der Waals surface area contributed by atoms with Crippen molar-refractivity contribution in [1.82, 2.24) is 15.1 Å². The number of anilines is 1. The van der Waals surface area contributed by atoms with Gasteiger partial charge in [0.25, 0.3) is 5.91 Å². The maximum atomic E-state index is 13.3. The Bertz CT molecular complexity index is 1280. The number of carbonyl (C=O) groups excluding carboxylic acids is 3. The van der Waals surface area contributed by atoms with Crippen molar-refractivity contribution in [2.24, 2.45) is 0 Å². The monoisotopic (exact) mass is 452 g/mol. The third-order valence-corrected chi connectivity index (χ3v) is 6.15. The Morgan fingerprint density at radius 2 is 2.00 bits per heavy atom. The molecule has 8 heteroatoms. The van der Waals surface area contributed by atoms with Crippen LogP contribution in [0.5, 0.6) is 0 Å². The number of morpholine rings is 1. The van der Waals surface area contributed by atoms with Gasteiger partial charge in [0.2, 0.25) is 11.8 Å². The number of hydrogen-bond donors (Lipinski definition) is 2. The molecule has 5 rings (SSSR count). The minimum absolute atomic E-state index is 0.0810. The molecule has 2 N–H and O–H groups in total. The van der Waals surface area contributed by atoms with Crippen LogP contribution in [-0.4, -0.2) is 59.8 Å². The van der Waals surface area contributed by atoms with Crippen molar-refractivity contribution in [2.75, 3.05) is 31.6 Å². The summed E-state index contributed by atoms with van der Waals surface area (Å²) in [4.78, 5) is 40.8. The summed E-state index contributed by atoms with van der Waals surface area (Å²) in [7, 11) is 0. The lowest BCUT2D eigenvalue weighted by atomic mass is 10.0. The van der Waals surface area contributed by atoms with E-state index < -0.39 is 35.8 Å². The number of rotatable bonds is 6. The number of fused-ring (bicyclic) bond motifs is 1. The number of imide groups is 1. The molecule has 0 saturated carbocycles. The summed E-state index contributed by atoms with van der Waals surface area (Å²) in [6.07, 6.45) is -0.243. The lowest BCUT2D eigenvalue weighted by Gasteiger charge is -2.29. The molecular formula is C25H28N4O4. The van der Waals surface area contributed by atoms with E-state index in [1.165, 1.54) is 0 Å². The van der Waals surface area contributed by atoms with E-state index in [1.807, 2.05) is 18.2 Å². The number of amides is 3. The number of piperidine rings is 1. The molecular weight excluding hydrogens is 420 g/mol. The standard InChI is InChI=1S/C25H28N4O4/c30-23-8-7-22(24(31)27-23)29-16-20-19(25(29)32)5-2-6-21(20)26-14-17-3-1-4-18(13-17)15-28-9-11-33-12-10-28/h1-6,13,22,26H,7-12,14-16H2,(H,27,30,31)/i2D,5D,6D,22D. The highest BCUT2D eigenvalue weighted by atomic mass is 16.5. The third kappa shape index (κ3) is 4.62. The number of nitrogens with one attached hydrogen (secondary N) is 2. The van der Waals surface area contributed by atoms with E-state index in [2.05, 4.69) is 21.6 Å². The molecule has 172 valence electrons. The largest absolute Gasteiger partial charge is 0.381 e. The minimum atomic E-state index is -2.01. The van der Waals surface area contributed by atoms with Crippen LogP contribution in [0.2, 0.25) is 0 Å². The molecule has 3 heterocycles. The van der Waals surface area contributed by atoms with Gasteiger partial charge in [0.15, 0.2) is 0 Å². The average Bonchev–Trinajstić information content (AvgIpc) is 3.23. The zero-order valence-corrected chi connectivity index (χ0v) is 18.2. The number of benzene rings is 2. The molecule has 33 heavy (non-hydrogen) atoms. The first-order valence-electron chi connectivity index (χ1n) is 13.1. The van der Waals surface area contributed by atoms with Crippen molar-refractivity contribution in [3.05, 3.63) is 64.6 Å². The molecule has 3 amide bonds. The van der Waals surface area contributed by atoms with Crippen LogP contribution in [-0.2, 0) is 34.0 Å². The van der Waals surface area contributed by atoms with Gasteiger partial charge in [-0.05, 0) is 29.6 Å². The van der Waals surface area contributed by atoms with Crippen molar-refractivity contribution >= 4 is 23.4 Å². The predicted molar refractivity (Wildman–Crippen MR) is 122 cm³/mol. The zero-order chi connectivity index (χ0) is 26.3. The smallest absolute Gasteiger partial charge is 0.255 e. The van der Waals surface area contributed by atoms with Gasteiger partial charge in [-0.2, -0.15) is 0 Å².